The average molecular weight is 176 g/mol. The molecule has 0 aliphatic rings. The predicted molar refractivity (Wildman–Crippen MR) is 53.3 cm³/mol. The van der Waals surface area contributed by atoms with E-state index in [4.69, 9.17) is 4.74 Å². The van der Waals surface area contributed by atoms with Gasteiger partial charge in [0.1, 0.15) is 0 Å². The van der Waals surface area contributed by atoms with Gasteiger partial charge in [-0.25, -0.2) is 0 Å². The van der Waals surface area contributed by atoms with Crippen molar-refractivity contribution in [2.75, 3.05) is 12.4 Å². The van der Waals surface area contributed by atoms with Crippen molar-refractivity contribution in [3.05, 3.63) is 0 Å². The molecule has 2 heteroatoms. The summed E-state index contributed by atoms with van der Waals surface area (Å²) in [5.41, 5.74) is 0. The number of hydrogen-bond acceptors (Lipinski definition) is 2. The van der Waals surface area contributed by atoms with Crippen molar-refractivity contribution in [1.82, 2.24) is 0 Å². The maximum Gasteiger partial charge on any atom is 0.0519 e. The fourth-order valence-corrected chi connectivity index (χ4v) is 1.30. The minimum Gasteiger partial charge on any atom is -0.378 e. The van der Waals surface area contributed by atoms with E-state index >= 15 is 0 Å². The van der Waals surface area contributed by atoms with E-state index in [1.807, 2.05) is 0 Å². The van der Waals surface area contributed by atoms with E-state index in [2.05, 4.69) is 40.3 Å². The summed E-state index contributed by atoms with van der Waals surface area (Å²) < 4.78 is 5.51. The van der Waals surface area contributed by atoms with Crippen LogP contribution in [0.2, 0.25) is 0 Å². The summed E-state index contributed by atoms with van der Waals surface area (Å²) in [7, 11) is 0. The average Bonchev–Trinajstić information content (AvgIpc) is 1.87. The summed E-state index contributed by atoms with van der Waals surface area (Å²) in [6.07, 6.45) is 0.344. The van der Waals surface area contributed by atoms with Crippen molar-refractivity contribution in [2.24, 2.45) is 11.8 Å². The normalized spacial score (nSPS) is 14.5. The van der Waals surface area contributed by atoms with Gasteiger partial charge >= 0.3 is 0 Å². The first-order valence-corrected chi connectivity index (χ1v) is 4.93. The highest BCUT2D eigenvalue weighted by molar-refractivity contribution is 7.80. The second-order valence-corrected chi connectivity index (χ2v) is 3.93. The Balaban J connectivity index is 3.52. The fourth-order valence-electron chi connectivity index (χ4n) is 0.772. The zero-order valence-electron chi connectivity index (χ0n) is 8.00. The monoisotopic (exact) mass is 176 g/mol. The molecule has 0 heterocycles. The van der Waals surface area contributed by atoms with Gasteiger partial charge in [-0.15, -0.1) is 0 Å². The summed E-state index contributed by atoms with van der Waals surface area (Å²) in [5, 5.41) is 0. The van der Waals surface area contributed by atoms with Crippen molar-refractivity contribution < 1.29 is 4.74 Å². The Kier molecular flexibility index (Phi) is 6.06. The molecule has 0 rings (SSSR count). The third-order valence-corrected chi connectivity index (χ3v) is 2.29. The second kappa shape index (κ2) is 5.90. The van der Waals surface area contributed by atoms with Gasteiger partial charge in [0.2, 0.25) is 0 Å². The van der Waals surface area contributed by atoms with Crippen LogP contribution in [0.25, 0.3) is 0 Å². The zero-order chi connectivity index (χ0) is 8.85. The number of ether oxygens (including phenoxy) is 1. The smallest absolute Gasteiger partial charge is 0.0519 e. The Labute approximate surface area is 75.9 Å². The lowest BCUT2D eigenvalue weighted by molar-refractivity contribution is 0.0457. The molecule has 0 aromatic carbocycles. The molecule has 0 saturated carbocycles. The maximum atomic E-state index is 5.51. The van der Waals surface area contributed by atoms with Crippen LogP contribution < -0.4 is 0 Å². The van der Waals surface area contributed by atoms with Crippen molar-refractivity contribution in [3.63, 3.8) is 0 Å². The van der Waals surface area contributed by atoms with Crippen LogP contribution in [0.1, 0.15) is 27.7 Å². The minimum absolute atomic E-state index is 0.344. The molecule has 1 unspecified atom stereocenters. The zero-order valence-corrected chi connectivity index (χ0v) is 8.90. The Morgan fingerprint density at radius 1 is 1.18 bits per heavy atom. The van der Waals surface area contributed by atoms with Gasteiger partial charge in [0.25, 0.3) is 0 Å². The van der Waals surface area contributed by atoms with Gasteiger partial charge in [-0.2, -0.15) is 12.6 Å². The van der Waals surface area contributed by atoms with E-state index in [0.29, 0.717) is 17.9 Å². The molecular formula is C9H20OS. The molecule has 11 heavy (non-hydrogen) atoms. The van der Waals surface area contributed by atoms with Crippen LogP contribution in [0.4, 0.5) is 0 Å². The molecule has 0 spiro atoms. The van der Waals surface area contributed by atoms with Crippen LogP contribution in [0.3, 0.4) is 0 Å². The van der Waals surface area contributed by atoms with Gasteiger partial charge in [-0.05, 0) is 31.4 Å². The highest BCUT2D eigenvalue weighted by atomic mass is 32.1. The Bertz CT molecular complexity index is 91.6. The Morgan fingerprint density at radius 3 is 2.00 bits per heavy atom. The summed E-state index contributed by atoms with van der Waals surface area (Å²) in [5.74, 6) is 2.19. The summed E-state index contributed by atoms with van der Waals surface area (Å²) in [4.78, 5) is 0. The predicted octanol–water partition coefficient (Wildman–Crippen LogP) is 2.61. The first-order chi connectivity index (χ1) is 5.07. The molecule has 1 atom stereocenters. The lowest BCUT2D eigenvalue weighted by Crippen LogP contribution is -2.19. The maximum absolute atomic E-state index is 5.51. The fraction of sp³-hybridized carbons (Fsp3) is 1.00. The first-order valence-electron chi connectivity index (χ1n) is 4.30. The van der Waals surface area contributed by atoms with Gasteiger partial charge in [0.15, 0.2) is 0 Å². The van der Waals surface area contributed by atoms with Gasteiger partial charge < -0.3 is 4.74 Å². The Hall–Kier alpha value is 0.310. The van der Waals surface area contributed by atoms with Crippen LogP contribution in [0, 0.1) is 11.8 Å². The quantitative estimate of drug-likeness (QED) is 0.634. The third-order valence-electron chi connectivity index (χ3n) is 1.82. The van der Waals surface area contributed by atoms with Gasteiger partial charge in [-0.1, -0.05) is 13.8 Å². The van der Waals surface area contributed by atoms with E-state index in [1.54, 1.807) is 0 Å². The SMILES string of the molecule is CC(C)OCC(CS)C(C)C. The third kappa shape index (κ3) is 5.57. The van der Waals surface area contributed by atoms with Crippen molar-refractivity contribution in [2.45, 2.75) is 33.8 Å². The lowest BCUT2D eigenvalue weighted by atomic mass is 9.99. The molecule has 68 valence electrons. The van der Waals surface area contributed by atoms with E-state index in [-0.39, 0.29) is 0 Å². The molecule has 1 nitrogen and oxygen atoms in total. The van der Waals surface area contributed by atoms with Crippen LogP contribution in [0.5, 0.6) is 0 Å². The Morgan fingerprint density at radius 2 is 1.73 bits per heavy atom. The first kappa shape index (κ1) is 11.3. The molecule has 0 amide bonds. The molecule has 0 aromatic rings. The highest BCUT2D eigenvalue weighted by Gasteiger charge is 2.11. The second-order valence-electron chi connectivity index (χ2n) is 3.57. The molecule has 0 saturated heterocycles. The van der Waals surface area contributed by atoms with E-state index in [9.17, 15) is 0 Å². The molecule has 0 radical (unpaired) electrons. The molecule has 0 bridgehead atoms. The van der Waals surface area contributed by atoms with Crippen molar-refractivity contribution >= 4 is 12.6 Å². The summed E-state index contributed by atoms with van der Waals surface area (Å²) >= 11 is 4.28. The number of rotatable bonds is 5. The number of thiol groups is 1. The van der Waals surface area contributed by atoms with Crippen molar-refractivity contribution in [1.29, 1.82) is 0 Å². The summed E-state index contributed by atoms with van der Waals surface area (Å²) in [6, 6.07) is 0. The molecular weight excluding hydrogens is 156 g/mol. The topological polar surface area (TPSA) is 9.23 Å². The largest absolute Gasteiger partial charge is 0.378 e. The lowest BCUT2D eigenvalue weighted by Gasteiger charge is -2.19. The van der Waals surface area contributed by atoms with Crippen LogP contribution in [0.15, 0.2) is 0 Å². The highest BCUT2D eigenvalue weighted by Crippen LogP contribution is 2.13. The van der Waals surface area contributed by atoms with Crippen molar-refractivity contribution in [3.8, 4) is 0 Å². The molecule has 0 aromatic heterocycles. The molecule has 0 fully saturated rings. The van der Waals surface area contributed by atoms with E-state index in [0.717, 1.165) is 12.4 Å². The van der Waals surface area contributed by atoms with Gasteiger partial charge in [-0.3, -0.25) is 0 Å². The molecule has 0 aliphatic carbocycles. The number of hydrogen-bond donors (Lipinski definition) is 1. The van der Waals surface area contributed by atoms with E-state index < -0.39 is 0 Å². The van der Waals surface area contributed by atoms with Gasteiger partial charge in [0, 0.05) is 0 Å². The van der Waals surface area contributed by atoms with Gasteiger partial charge in [0.05, 0.1) is 12.7 Å². The molecule has 0 aliphatic heterocycles. The van der Waals surface area contributed by atoms with E-state index in [1.165, 1.54) is 0 Å². The van der Waals surface area contributed by atoms with Crippen LogP contribution in [-0.2, 0) is 4.74 Å². The van der Waals surface area contributed by atoms with Crippen LogP contribution in [-0.4, -0.2) is 18.5 Å². The molecule has 0 N–H and O–H groups in total. The minimum atomic E-state index is 0.344. The summed E-state index contributed by atoms with van der Waals surface area (Å²) in [6.45, 7) is 9.40. The van der Waals surface area contributed by atoms with Crippen LogP contribution >= 0.6 is 12.6 Å². The standard InChI is InChI=1S/C9H20OS/c1-7(2)9(6-11)5-10-8(3)4/h7-9,11H,5-6H2,1-4H3.